The van der Waals surface area contributed by atoms with Crippen LogP contribution >= 0.6 is 0 Å². The highest BCUT2D eigenvalue weighted by molar-refractivity contribution is 5.47. The maximum absolute atomic E-state index is 5.82. The van der Waals surface area contributed by atoms with Crippen LogP contribution in [0.3, 0.4) is 0 Å². The minimum Gasteiger partial charge on any atom is -0.369 e. The van der Waals surface area contributed by atoms with Crippen molar-refractivity contribution < 1.29 is 0 Å². The number of aromatic nitrogens is 2. The fourth-order valence-corrected chi connectivity index (χ4v) is 2.75. The van der Waals surface area contributed by atoms with E-state index in [2.05, 4.69) is 15.3 Å². The van der Waals surface area contributed by atoms with Crippen molar-refractivity contribution >= 4 is 5.82 Å². The zero-order chi connectivity index (χ0) is 12.4. The van der Waals surface area contributed by atoms with Crippen LogP contribution < -0.4 is 11.1 Å². The summed E-state index contributed by atoms with van der Waals surface area (Å²) in [6, 6.07) is 0. The molecule has 0 saturated heterocycles. The fraction of sp³-hybridized carbons (Fsp3) is 0.714. The lowest BCUT2D eigenvalue weighted by Crippen LogP contribution is -2.25. The summed E-state index contributed by atoms with van der Waals surface area (Å²) in [4.78, 5) is 8.88. The summed E-state index contributed by atoms with van der Waals surface area (Å²) in [7, 11) is 0. The van der Waals surface area contributed by atoms with Gasteiger partial charge in [-0.1, -0.05) is 6.42 Å². The molecule has 18 heavy (non-hydrogen) atoms. The first-order valence-corrected chi connectivity index (χ1v) is 7.10. The van der Waals surface area contributed by atoms with Gasteiger partial charge in [-0.2, -0.15) is 0 Å². The van der Waals surface area contributed by atoms with Gasteiger partial charge in [0.25, 0.3) is 0 Å². The number of nitrogens with two attached hydrogens (primary N) is 1. The van der Waals surface area contributed by atoms with Crippen molar-refractivity contribution in [2.24, 2.45) is 11.1 Å². The summed E-state index contributed by atoms with van der Waals surface area (Å²) in [5.41, 5.74) is 8.77. The molecule has 0 amide bonds. The molecule has 0 radical (unpaired) electrons. The third-order valence-corrected chi connectivity index (χ3v) is 4.40. The zero-order valence-electron chi connectivity index (χ0n) is 10.9. The van der Waals surface area contributed by atoms with Gasteiger partial charge in [0, 0.05) is 17.8 Å². The van der Waals surface area contributed by atoms with Gasteiger partial charge in [-0.25, -0.2) is 9.97 Å². The van der Waals surface area contributed by atoms with E-state index >= 15 is 0 Å². The van der Waals surface area contributed by atoms with Crippen molar-refractivity contribution in [1.29, 1.82) is 0 Å². The Labute approximate surface area is 108 Å². The summed E-state index contributed by atoms with van der Waals surface area (Å²) in [6.45, 7) is 1.75. The molecule has 1 aromatic rings. The van der Waals surface area contributed by atoms with Crippen molar-refractivity contribution in [2.45, 2.75) is 44.9 Å². The molecular formula is C14H22N4. The Morgan fingerprint density at radius 3 is 2.78 bits per heavy atom. The second kappa shape index (κ2) is 4.84. The van der Waals surface area contributed by atoms with Gasteiger partial charge in [0.15, 0.2) is 0 Å². The number of hydrogen-bond donors (Lipinski definition) is 2. The van der Waals surface area contributed by atoms with Crippen molar-refractivity contribution in [2.75, 3.05) is 18.4 Å². The standard InChI is InChI=1S/C14H22N4/c15-8-14(6-7-14)9-16-13-11-4-2-1-3-5-12(11)17-10-18-13/h10H,1-9,15H2,(H,16,17,18). The molecule has 2 aliphatic rings. The first-order chi connectivity index (χ1) is 8.83. The van der Waals surface area contributed by atoms with Crippen LogP contribution in [-0.4, -0.2) is 23.1 Å². The normalized spacial score (nSPS) is 20.9. The molecule has 98 valence electrons. The Balaban J connectivity index is 1.75. The molecule has 1 fully saturated rings. The quantitative estimate of drug-likeness (QED) is 0.796. The molecule has 0 atom stereocenters. The Morgan fingerprint density at radius 1 is 1.17 bits per heavy atom. The Morgan fingerprint density at radius 2 is 2.00 bits per heavy atom. The SMILES string of the molecule is NCC1(CNc2ncnc3c2CCCCC3)CC1. The van der Waals surface area contributed by atoms with Gasteiger partial charge in [-0.05, 0) is 50.5 Å². The smallest absolute Gasteiger partial charge is 0.132 e. The second-order valence-electron chi connectivity index (χ2n) is 5.77. The van der Waals surface area contributed by atoms with Crippen molar-refractivity contribution in [3.8, 4) is 0 Å². The number of rotatable bonds is 4. The Kier molecular flexibility index (Phi) is 3.20. The van der Waals surface area contributed by atoms with E-state index in [1.165, 1.54) is 43.4 Å². The first kappa shape index (κ1) is 11.9. The lowest BCUT2D eigenvalue weighted by molar-refractivity contribution is 0.554. The molecule has 3 N–H and O–H groups in total. The van der Waals surface area contributed by atoms with Crippen LogP contribution in [0, 0.1) is 5.41 Å². The topological polar surface area (TPSA) is 63.8 Å². The van der Waals surface area contributed by atoms with Gasteiger partial charge in [-0.15, -0.1) is 0 Å². The summed E-state index contributed by atoms with van der Waals surface area (Å²) in [6.07, 6.45) is 10.3. The van der Waals surface area contributed by atoms with Crippen molar-refractivity contribution in [3.63, 3.8) is 0 Å². The molecule has 2 aliphatic carbocycles. The van der Waals surface area contributed by atoms with Crippen LogP contribution in [0.2, 0.25) is 0 Å². The number of anilines is 1. The molecule has 0 aliphatic heterocycles. The number of nitrogens with one attached hydrogen (secondary N) is 1. The van der Waals surface area contributed by atoms with E-state index in [-0.39, 0.29) is 0 Å². The minimum absolute atomic E-state index is 0.350. The largest absolute Gasteiger partial charge is 0.369 e. The van der Waals surface area contributed by atoms with Gasteiger partial charge in [0.2, 0.25) is 0 Å². The summed E-state index contributed by atoms with van der Waals surface area (Å²) in [5, 5.41) is 3.52. The lowest BCUT2D eigenvalue weighted by Gasteiger charge is -2.16. The molecule has 1 aromatic heterocycles. The molecular weight excluding hydrogens is 224 g/mol. The van der Waals surface area contributed by atoms with Crippen LogP contribution in [0.4, 0.5) is 5.82 Å². The third kappa shape index (κ3) is 2.34. The third-order valence-electron chi connectivity index (χ3n) is 4.40. The number of hydrogen-bond acceptors (Lipinski definition) is 4. The van der Waals surface area contributed by atoms with E-state index in [9.17, 15) is 0 Å². The number of fused-ring (bicyclic) bond motifs is 1. The fourth-order valence-electron chi connectivity index (χ4n) is 2.75. The van der Waals surface area contributed by atoms with E-state index in [4.69, 9.17) is 5.73 Å². The first-order valence-electron chi connectivity index (χ1n) is 7.10. The lowest BCUT2D eigenvalue weighted by atomic mass is 10.1. The van der Waals surface area contributed by atoms with Crippen molar-refractivity contribution in [1.82, 2.24) is 9.97 Å². The van der Waals surface area contributed by atoms with Crippen LogP contribution in [0.5, 0.6) is 0 Å². The molecule has 0 spiro atoms. The summed E-state index contributed by atoms with van der Waals surface area (Å²) < 4.78 is 0. The predicted octanol–water partition coefficient (Wildman–Crippen LogP) is 1.90. The molecule has 4 nitrogen and oxygen atoms in total. The zero-order valence-corrected chi connectivity index (χ0v) is 10.9. The maximum atomic E-state index is 5.82. The Bertz CT molecular complexity index is 426. The van der Waals surface area contributed by atoms with Gasteiger partial charge < -0.3 is 11.1 Å². The van der Waals surface area contributed by atoms with Gasteiger partial charge in [0.1, 0.15) is 12.1 Å². The molecule has 0 unspecified atom stereocenters. The van der Waals surface area contributed by atoms with E-state index in [1.807, 2.05) is 0 Å². The average molecular weight is 246 g/mol. The van der Waals surface area contributed by atoms with Gasteiger partial charge in [-0.3, -0.25) is 0 Å². The summed E-state index contributed by atoms with van der Waals surface area (Å²) in [5.74, 6) is 1.06. The van der Waals surface area contributed by atoms with Crippen LogP contribution in [-0.2, 0) is 12.8 Å². The van der Waals surface area contributed by atoms with Crippen LogP contribution in [0.1, 0.15) is 43.4 Å². The molecule has 1 saturated carbocycles. The molecule has 0 bridgehead atoms. The molecule has 4 heteroatoms. The van der Waals surface area contributed by atoms with Crippen LogP contribution in [0.25, 0.3) is 0 Å². The predicted molar refractivity (Wildman–Crippen MR) is 72.5 cm³/mol. The number of aryl methyl sites for hydroxylation is 1. The maximum Gasteiger partial charge on any atom is 0.132 e. The number of nitrogens with zero attached hydrogens (tertiary/aromatic N) is 2. The molecule has 1 heterocycles. The van der Waals surface area contributed by atoms with E-state index < -0.39 is 0 Å². The van der Waals surface area contributed by atoms with E-state index in [0.717, 1.165) is 31.7 Å². The average Bonchev–Trinajstić information content (AvgIpc) is 3.20. The van der Waals surface area contributed by atoms with E-state index in [1.54, 1.807) is 6.33 Å². The Hall–Kier alpha value is -1.16. The highest BCUT2D eigenvalue weighted by Gasteiger charge is 2.41. The minimum atomic E-state index is 0.350. The van der Waals surface area contributed by atoms with Gasteiger partial charge >= 0.3 is 0 Å². The highest BCUT2D eigenvalue weighted by Crippen LogP contribution is 2.44. The highest BCUT2D eigenvalue weighted by atomic mass is 15.0. The van der Waals surface area contributed by atoms with Crippen molar-refractivity contribution in [3.05, 3.63) is 17.6 Å². The van der Waals surface area contributed by atoms with E-state index in [0.29, 0.717) is 5.41 Å². The monoisotopic (exact) mass is 246 g/mol. The molecule has 3 rings (SSSR count). The molecule has 0 aromatic carbocycles. The summed E-state index contributed by atoms with van der Waals surface area (Å²) >= 11 is 0. The van der Waals surface area contributed by atoms with Gasteiger partial charge in [0.05, 0.1) is 0 Å². The second-order valence-corrected chi connectivity index (χ2v) is 5.77. The van der Waals surface area contributed by atoms with Crippen LogP contribution in [0.15, 0.2) is 6.33 Å².